The van der Waals surface area contributed by atoms with Gasteiger partial charge in [0.15, 0.2) is 0 Å². The lowest BCUT2D eigenvalue weighted by Crippen LogP contribution is -2.52. The molecule has 22 heavy (non-hydrogen) atoms. The molecule has 0 bridgehead atoms. The largest absolute Gasteiger partial charge is 0.393 e. The van der Waals surface area contributed by atoms with E-state index in [1.165, 1.54) is 12.0 Å². The van der Waals surface area contributed by atoms with Gasteiger partial charge in [0.1, 0.15) is 0 Å². The molecule has 0 aromatic heterocycles. The summed E-state index contributed by atoms with van der Waals surface area (Å²) in [5, 5.41) is 21.3. The van der Waals surface area contributed by atoms with E-state index in [2.05, 4.69) is 27.4 Å². The minimum absolute atomic E-state index is 0.129. The highest BCUT2D eigenvalue weighted by molar-refractivity contribution is 5.21. The van der Waals surface area contributed by atoms with Crippen LogP contribution in [0, 0.1) is 28.6 Å². The van der Waals surface area contributed by atoms with Crippen LogP contribution in [0.5, 0.6) is 0 Å². The van der Waals surface area contributed by atoms with Crippen molar-refractivity contribution < 1.29 is 10.2 Å². The van der Waals surface area contributed by atoms with E-state index >= 15 is 0 Å². The van der Waals surface area contributed by atoms with Crippen molar-refractivity contribution in [2.75, 3.05) is 0 Å². The molecule has 7 atom stereocenters. The van der Waals surface area contributed by atoms with Crippen molar-refractivity contribution >= 4 is 0 Å². The summed E-state index contributed by atoms with van der Waals surface area (Å²) >= 11 is 0. The van der Waals surface area contributed by atoms with Crippen LogP contribution in [0.15, 0.2) is 12.2 Å². The first-order valence-electron chi connectivity index (χ1n) is 9.37. The van der Waals surface area contributed by atoms with Gasteiger partial charge in [-0.15, -0.1) is 0 Å². The fourth-order valence-electron chi connectivity index (χ4n) is 6.25. The molecule has 0 aliphatic heterocycles. The third-order valence-corrected chi connectivity index (χ3v) is 8.03. The number of rotatable bonds is 2. The van der Waals surface area contributed by atoms with Crippen molar-refractivity contribution in [2.45, 2.75) is 84.3 Å². The van der Waals surface area contributed by atoms with Crippen LogP contribution in [-0.4, -0.2) is 22.4 Å². The highest BCUT2D eigenvalue weighted by Crippen LogP contribution is 2.61. The molecule has 0 radical (unpaired) electrons. The second-order valence-electron chi connectivity index (χ2n) is 8.84. The van der Waals surface area contributed by atoms with E-state index in [0.29, 0.717) is 17.8 Å². The van der Waals surface area contributed by atoms with Gasteiger partial charge in [0.05, 0.1) is 12.2 Å². The van der Waals surface area contributed by atoms with Crippen LogP contribution in [-0.2, 0) is 0 Å². The first-order chi connectivity index (χ1) is 10.3. The molecule has 3 aliphatic carbocycles. The van der Waals surface area contributed by atoms with E-state index in [9.17, 15) is 10.2 Å². The molecule has 3 saturated carbocycles. The summed E-state index contributed by atoms with van der Waals surface area (Å²) in [5.41, 5.74) is 1.73. The first-order valence-corrected chi connectivity index (χ1v) is 9.37. The summed E-state index contributed by atoms with van der Waals surface area (Å²) in [7, 11) is 0. The van der Waals surface area contributed by atoms with Crippen molar-refractivity contribution in [3.8, 4) is 0 Å². The Morgan fingerprint density at radius 3 is 2.50 bits per heavy atom. The van der Waals surface area contributed by atoms with Crippen LogP contribution in [0.2, 0.25) is 0 Å². The van der Waals surface area contributed by atoms with E-state index in [-0.39, 0.29) is 23.0 Å². The third kappa shape index (κ3) is 2.29. The Morgan fingerprint density at radius 2 is 1.82 bits per heavy atom. The molecule has 2 N–H and O–H groups in total. The standard InChI is InChI=1S/C20H34O2/c1-5-14-12-15(21)8-10-20(14,4)17-9-11-19(3)13(2)6-7-16(19)18(17)22/h14-18,21-22H,2,5-12H2,1,3-4H3. The van der Waals surface area contributed by atoms with Crippen LogP contribution >= 0.6 is 0 Å². The Hall–Kier alpha value is -0.340. The molecule has 0 saturated heterocycles. The molecule has 3 rings (SSSR count). The van der Waals surface area contributed by atoms with Crippen LogP contribution in [0.4, 0.5) is 0 Å². The van der Waals surface area contributed by atoms with Gasteiger partial charge in [0.2, 0.25) is 0 Å². The van der Waals surface area contributed by atoms with Crippen molar-refractivity contribution in [3.63, 3.8) is 0 Å². The molecule has 7 unspecified atom stereocenters. The van der Waals surface area contributed by atoms with Crippen LogP contribution in [0.3, 0.4) is 0 Å². The average molecular weight is 306 g/mol. The molecule has 0 aromatic rings. The van der Waals surface area contributed by atoms with Crippen molar-refractivity contribution in [2.24, 2.45) is 28.6 Å². The van der Waals surface area contributed by atoms with Gasteiger partial charge < -0.3 is 10.2 Å². The second kappa shape index (κ2) is 5.63. The molecule has 2 heteroatoms. The number of hydrogen-bond acceptors (Lipinski definition) is 2. The number of hydrogen-bond donors (Lipinski definition) is 2. The summed E-state index contributed by atoms with van der Waals surface area (Å²) < 4.78 is 0. The van der Waals surface area contributed by atoms with Crippen molar-refractivity contribution in [3.05, 3.63) is 12.2 Å². The van der Waals surface area contributed by atoms with Gasteiger partial charge in [-0.25, -0.2) is 0 Å². The molecular weight excluding hydrogens is 272 g/mol. The molecule has 0 aromatic carbocycles. The Bertz CT molecular complexity index is 445. The van der Waals surface area contributed by atoms with Gasteiger partial charge in [0.25, 0.3) is 0 Å². The van der Waals surface area contributed by atoms with Gasteiger partial charge in [-0.2, -0.15) is 0 Å². The van der Waals surface area contributed by atoms with E-state index in [1.807, 2.05) is 0 Å². The lowest BCUT2D eigenvalue weighted by atomic mass is 9.51. The Labute approximate surface area is 136 Å². The summed E-state index contributed by atoms with van der Waals surface area (Å²) in [6, 6.07) is 0. The third-order valence-electron chi connectivity index (χ3n) is 8.03. The Kier molecular flexibility index (Phi) is 4.23. The monoisotopic (exact) mass is 306 g/mol. The van der Waals surface area contributed by atoms with Gasteiger partial charge in [-0.3, -0.25) is 0 Å². The predicted octanol–water partition coefficient (Wildman–Crippen LogP) is 4.31. The quantitative estimate of drug-likeness (QED) is 0.746. The van der Waals surface area contributed by atoms with Gasteiger partial charge in [0, 0.05) is 0 Å². The van der Waals surface area contributed by atoms with Gasteiger partial charge in [-0.05, 0) is 73.5 Å². The highest BCUT2D eigenvalue weighted by atomic mass is 16.3. The van der Waals surface area contributed by atoms with Crippen LogP contribution < -0.4 is 0 Å². The maximum Gasteiger partial charge on any atom is 0.0610 e. The number of aliphatic hydroxyl groups excluding tert-OH is 2. The maximum atomic E-state index is 11.2. The summed E-state index contributed by atoms with van der Waals surface area (Å²) in [4.78, 5) is 0. The molecule has 3 aliphatic rings. The molecule has 2 nitrogen and oxygen atoms in total. The second-order valence-corrected chi connectivity index (χ2v) is 8.84. The fourth-order valence-corrected chi connectivity index (χ4v) is 6.25. The van der Waals surface area contributed by atoms with Crippen molar-refractivity contribution in [1.29, 1.82) is 0 Å². The minimum atomic E-state index is -0.188. The van der Waals surface area contributed by atoms with Crippen LogP contribution in [0.1, 0.15) is 72.1 Å². The first kappa shape index (κ1) is 16.5. The van der Waals surface area contributed by atoms with E-state index in [1.54, 1.807) is 0 Å². The lowest BCUT2D eigenvalue weighted by Gasteiger charge is -2.55. The number of allylic oxidation sites excluding steroid dienone is 1. The molecule has 3 fully saturated rings. The average Bonchev–Trinajstić information content (AvgIpc) is 2.78. The van der Waals surface area contributed by atoms with E-state index in [0.717, 1.165) is 44.9 Å². The van der Waals surface area contributed by atoms with Crippen molar-refractivity contribution in [1.82, 2.24) is 0 Å². The molecule has 0 amide bonds. The normalized spacial score (nSPS) is 52.6. The topological polar surface area (TPSA) is 40.5 Å². The molecule has 0 heterocycles. The zero-order valence-corrected chi connectivity index (χ0v) is 14.6. The summed E-state index contributed by atoms with van der Waals surface area (Å²) in [6.07, 6.45) is 8.21. The number of aliphatic hydroxyl groups is 2. The SMILES string of the molecule is C=C1CCC2C(O)C(C3(C)CCC(O)CC3CC)CCC12C. The zero-order chi connectivity index (χ0) is 16.1. The lowest BCUT2D eigenvalue weighted by molar-refractivity contribution is -0.119. The predicted molar refractivity (Wildman–Crippen MR) is 90.4 cm³/mol. The van der Waals surface area contributed by atoms with Gasteiger partial charge in [-0.1, -0.05) is 39.3 Å². The maximum absolute atomic E-state index is 11.2. The molecule has 0 spiro atoms. The zero-order valence-electron chi connectivity index (χ0n) is 14.6. The Balaban J connectivity index is 1.85. The summed E-state index contributed by atoms with van der Waals surface area (Å²) in [6.45, 7) is 11.3. The van der Waals surface area contributed by atoms with Crippen LogP contribution in [0.25, 0.3) is 0 Å². The fraction of sp³-hybridized carbons (Fsp3) is 0.900. The smallest absolute Gasteiger partial charge is 0.0610 e. The van der Waals surface area contributed by atoms with E-state index in [4.69, 9.17) is 0 Å². The minimum Gasteiger partial charge on any atom is -0.393 e. The number of fused-ring (bicyclic) bond motifs is 1. The van der Waals surface area contributed by atoms with Gasteiger partial charge >= 0.3 is 0 Å². The summed E-state index contributed by atoms with van der Waals surface area (Å²) in [5.74, 6) is 1.35. The molecular formula is C20H34O2. The Morgan fingerprint density at radius 1 is 1.09 bits per heavy atom. The van der Waals surface area contributed by atoms with E-state index < -0.39 is 0 Å². The highest BCUT2D eigenvalue weighted by Gasteiger charge is 2.56. The molecule has 126 valence electrons.